The highest BCUT2D eigenvalue weighted by atomic mass is 35.5. The molecule has 0 spiro atoms. The molecule has 3 N–H and O–H groups in total. The van der Waals surface area contributed by atoms with E-state index in [2.05, 4.69) is 18.5 Å². The Hall–Kier alpha value is -2.24. The van der Waals surface area contributed by atoms with Crippen LogP contribution in [-0.4, -0.2) is 28.8 Å². The molecule has 1 fully saturated rings. The highest BCUT2D eigenvalue weighted by molar-refractivity contribution is 6.35. The van der Waals surface area contributed by atoms with E-state index < -0.39 is 12.6 Å². The Labute approximate surface area is 150 Å². The lowest BCUT2D eigenvalue weighted by atomic mass is 10.0. The molecular weight excluding hydrogens is 342 g/mol. The molecule has 1 heterocycles. The van der Waals surface area contributed by atoms with Gasteiger partial charge in [0.15, 0.2) is 5.58 Å². The molecule has 0 radical (unpaired) electrons. The number of allylic oxidation sites excluding steroid dienone is 1. The Bertz CT molecular complexity index is 870. The number of aliphatic hydroxyl groups is 2. The summed E-state index contributed by atoms with van der Waals surface area (Å²) in [5.41, 5.74) is 2.36. The minimum absolute atomic E-state index is 0.00724. The van der Waals surface area contributed by atoms with E-state index >= 15 is 0 Å². The highest BCUT2D eigenvalue weighted by Gasteiger charge is 2.45. The number of hydrogen-bond donors (Lipinski definition) is 3. The molecule has 25 heavy (non-hydrogen) atoms. The number of aliphatic hydroxyl groups excluding tert-OH is 2. The van der Waals surface area contributed by atoms with Crippen LogP contribution in [-0.2, 0) is 4.79 Å². The standard InChI is InChI=1S/C19H20ClNO4/c1-9-4-13-5-12(6-16(20)18(13)25-9)10(2)14-7-15(14)19(24)21-17(8-22)11(3)23/h4-6,14-15,17,22-23H,2-3,7-8H2,1H3,(H,21,24)/t14-,15+,17+/m1/s1. The van der Waals surface area contributed by atoms with Gasteiger partial charge in [0.25, 0.3) is 0 Å². The summed E-state index contributed by atoms with van der Waals surface area (Å²) in [6.45, 7) is 8.93. The lowest BCUT2D eigenvalue weighted by Crippen LogP contribution is -2.39. The number of nitrogens with one attached hydrogen (secondary N) is 1. The third kappa shape index (κ3) is 3.43. The molecule has 0 unspecified atom stereocenters. The van der Waals surface area contributed by atoms with Gasteiger partial charge in [-0.3, -0.25) is 4.79 Å². The van der Waals surface area contributed by atoms with Gasteiger partial charge in [-0.1, -0.05) is 24.8 Å². The number of carbonyl (C=O) groups is 1. The summed E-state index contributed by atoms with van der Waals surface area (Å²) < 4.78 is 5.57. The largest absolute Gasteiger partial charge is 0.511 e. The van der Waals surface area contributed by atoms with Crippen molar-refractivity contribution in [3.63, 3.8) is 0 Å². The average molecular weight is 362 g/mol. The molecule has 1 aliphatic rings. The van der Waals surface area contributed by atoms with Gasteiger partial charge in [-0.2, -0.15) is 0 Å². The number of hydrogen-bond acceptors (Lipinski definition) is 4. The van der Waals surface area contributed by atoms with Crippen LogP contribution in [0.2, 0.25) is 5.02 Å². The third-order valence-corrected chi connectivity index (χ3v) is 4.82. The van der Waals surface area contributed by atoms with Gasteiger partial charge in [-0.15, -0.1) is 0 Å². The number of carbonyl (C=O) groups excluding carboxylic acids is 1. The molecule has 1 amide bonds. The van der Waals surface area contributed by atoms with Crippen LogP contribution in [0.25, 0.3) is 16.5 Å². The zero-order valence-electron chi connectivity index (χ0n) is 13.9. The molecule has 1 aliphatic carbocycles. The van der Waals surface area contributed by atoms with E-state index in [4.69, 9.17) is 21.1 Å². The lowest BCUT2D eigenvalue weighted by molar-refractivity contribution is -0.123. The molecule has 3 rings (SSSR count). The highest BCUT2D eigenvalue weighted by Crippen LogP contribution is 2.48. The normalized spacial score (nSPS) is 20.3. The smallest absolute Gasteiger partial charge is 0.224 e. The maximum atomic E-state index is 12.3. The molecule has 132 valence electrons. The first-order chi connectivity index (χ1) is 11.8. The zero-order chi connectivity index (χ0) is 18.3. The van der Waals surface area contributed by atoms with Gasteiger partial charge in [0.1, 0.15) is 17.6 Å². The predicted octanol–water partition coefficient (Wildman–Crippen LogP) is 3.59. The Balaban J connectivity index is 1.73. The van der Waals surface area contributed by atoms with Gasteiger partial charge < -0.3 is 19.9 Å². The van der Waals surface area contributed by atoms with E-state index in [0.29, 0.717) is 17.0 Å². The average Bonchev–Trinajstić information content (AvgIpc) is 3.26. The molecule has 1 saturated carbocycles. The van der Waals surface area contributed by atoms with Crippen molar-refractivity contribution in [1.82, 2.24) is 5.32 Å². The molecule has 6 heteroatoms. The third-order valence-electron chi connectivity index (χ3n) is 4.54. The second-order valence-corrected chi connectivity index (χ2v) is 6.85. The molecule has 0 aliphatic heterocycles. The monoisotopic (exact) mass is 361 g/mol. The molecule has 5 nitrogen and oxygen atoms in total. The van der Waals surface area contributed by atoms with Gasteiger partial charge >= 0.3 is 0 Å². The van der Waals surface area contributed by atoms with Crippen LogP contribution in [0.3, 0.4) is 0 Å². The number of rotatable bonds is 6. The molecule has 0 saturated heterocycles. The fourth-order valence-corrected chi connectivity index (χ4v) is 3.29. The van der Waals surface area contributed by atoms with Crippen LogP contribution in [0, 0.1) is 18.8 Å². The van der Waals surface area contributed by atoms with E-state index in [9.17, 15) is 9.90 Å². The topological polar surface area (TPSA) is 82.7 Å². The van der Waals surface area contributed by atoms with Gasteiger partial charge in [0, 0.05) is 11.3 Å². The first kappa shape index (κ1) is 17.6. The number of fused-ring (bicyclic) bond motifs is 1. The van der Waals surface area contributed by atoms with Crippen LogP contribution in [0.15, 0.2) is 41.5 Å². The Morgan fingerprint density at radius 1 is 1.40 bits per heavy atom. The Morgan fingerprint density at radius 3 is 2.76 bits per heavy atom. The first-order valence-electron chi connectivity index (χ1n) is 7.99. The first-order valence-corrected chi connectivity index (χ1v) is 8.37. The molecule has 1 aromatic carbocycles. The maximum Gasteiger partial charge on any atom is 0.224 e. The van der Waals surface area contributed by atoms with Gasteiger partial charge in [-0.25, -0.2) is 0 Å². The summed E-state index contributed by atoms with van der Waals surface area (Å²) in [7, 11) is 0. The lowest BCUT2D eigenvalue weighted by Gasteiger charge is -2.15. The molecule has 3 atom stereocenters. The van der Waals surface area contributed by atoms with Crippen LogP contribution >= 0.6 is 11.6 Å². The molecular formula is C19H20ClNO4. The van der Waals surface area contributed by atoms with E-state index in [1.807, 2.05) is 19.1 Å². The van der Waals surface area contributed by atoms with Crippen molar-refractivity contribution < 1.29 is 19.4 Å². The summed E-state index contributed by atoms with van der Waals surface area (Å²) in [6.07, 6.45) is 0.667. The van der Waals surface area contributed by atoms with Crippen LogP contribution in [0.4, 0.5) is 0 Å². The molecule has 0 bridgehead atoms. The van der Waals surface area contributed by atoms with Crippen molar-refractivity contribution in [2.45, 2.75) is 19.4 Å². The van der Waals surface area contributed by atoms with E-state index in [1.54, 1.807) is 6.07 Å². The van der Waals surface area contributed by atoms with Gasteiger partial charge in [0.05, 0.1) is 11.6 Å². The minimum Gasteiger partial charge on any atom is -0.511 e. The van der Waals surface area contributed by atoms with Crippen LogP contribution in [0.5, 0.6) is 0 Å². The summed E-state index contributed by atoms with van der Waals surface area (Å²) in [6, 6.07) is 4.82. The van der Waals surface area contributed by atoms with Crippen molar-refractivity contribution in [3.05, 3.63) is 53.5 Å². The Morgan fingerprint density at radius 2 is 2.12 bits per heavy atom. The van der Waals surface area contributed by atoms with E-state index in [1.165, 1.54) is 0 Å². The predicted molar refractivity (Wildman–Crippen MR) is 97.4 cm³/mol. The number of benzene rings is 1. The van der Waals surface area contributed by atoms with Crippen LogP contribution in [0.1, 0.15) is 17.7 Å². The summed E-state index contributed by atoms with van der Waals surface area (Å²) >= 11 is 6.29. The zero-order valence-corrected chi connectivity index (χ0v) is 14.6. The van der Waals surface area contributed by atoms with E-state index in [0.717, 1.165) is 22.3 Å². The summed E-state index contributed by atoms with van der Waals surface area (Å²) in [4.78, 5) is 12.3. The fraction of sp³-hybridized carbons (Fsp3) is 0.316. The quantitative estimate of drug-likeness (QED) is 0.686. The summed E-state index contributed by atoms with van der Waals surface area (Å²) in [5.74, 6) is 0.0584. The second kappa shape index (κ2) is 6.58. The van der Waals surface area contributed by atoms with Crippen molar-refractivity contribution in [2.75, 3.05) is 6.61 Å². The van der Waals surface area contributed by atoms with Gasteiger partial charge in [0.2, 0.25) is 5.91 Å². The Kier molecular flexibility index (Phi) is 4.62. The van der Waals surface area contributed by atoms with E-state index in [-0.39, 0.29) is 23.5 Å². The van der Waals surface area contributed by atoms with Crippen molar-refractivity contribution >= 4 is 34.1 Å². The number of amides is 1. The summed E-state index contributed by atoms with van der Waals surface area (Å²) in [5, 5.41) is 22.5. The van der Waals surface area contributed by atoms with Crippen molar-refractivity contribution in [1.29, 1.82) is 0 Å². The fourth-order valence-electron chi connectivity index (χ4n) is 3.02. The number of halogens is 1. The maximum absolute atomic E-state index is 12.3. The van der Waals surface area contributed by atoms with Gasteiger partial charge in [-0.05, 0) is 48.6 Å². The second-order valence-electron chi connectivity index (χ2n) is 6.44. The number of furan rings is 1. The molecule has 1 aromatic heterocycles. The van der Waals surface area contributed by atoms with Crippen molar-refractivity contribution in [3.8, 4) is 0 Å². The van der Waals surface area contributed by atoms with Crippen molar-refractivity contribution in [2.24, 2.45) is 11.8 Å². The SMILES string of the molecule is C=C(O)[C@H](CO)NC(=O)[C@H]1C[C@@H]1C(=C)c1cc(Cl)c2oc(C)cc2c1. The molecule has 2 aromatic rings. The minimum atomic E-state index is -0.846. The number of aryl methyl sites for hydroxylation is 1. The van der Waals surface area contributed by atoms with Crippen LogP contribution < -0.4 is 5.32 Å².